The van der Waals surface area contributed by atoms with Crippen molar-refractivity contribution in [2.24, 2.45) is 5.73 Å². The maximum absolute atomic E-state index is 12.2. The van der Waals surface area contributed by atoms with Gasteiger partial charge in [-0.15, -0.1) is 0 Å². The number of nitrogens with zero attached hydrogens (tertiary/aromatic N) is 1. The van der Waals surface area contributed by atoms with Crippen molar-refractivity contribution in [3.05, 3.63) is 63.7 Å². The molecule has 0 aliphatic carbocycles. The molecule has 2 rings (SSSR count). The van der Waals surface area contributed by atoms with E-state index in [2.05, 4.69) is 5.32 Å². The highest BCUT2D eigenvalue weighted by molar-refractivity contribution is 6.04. The molecule has 0 aliphatic heterocycles. The maximum Gasteiger partial charge on any atom is 0.273 e. The van der Waals surface area contributed by atoms with Crippen molar-refractivity contribution in [2.75, 3.05) is 11.9 Å². The van der Waals surface area contributed by atoms with Crippen molar-refractivity contribution in [3.63, 3.8) is 0 Å². The number of carbonyl (C=O) groups is 2. The minimum Gasteiger partial charge on any atom is -0.484 e. The summed E-state index contributed by atoms with van der Waals surface area (Å²) >= 11 is 0. The molecule has 0 atom stereocenters. The van der Waals surface area contributed by atoms with E-state index in [1.165, 1.54) is 18.2 Å². The lowest BCUT2D eigenvalue weighted by molar-refractivity contribution is -0.385. The number of nitrogens with one attached hydrogen (secondary N) is 1. The lowest BCUT2D eigenvalue weighted by atomic mass is 10.1. The molecule has 0 fully saturated rings. The number of carbonyl (C=O) groups excluding carboxylic acids is 2. The summed E-state index contributed by atoms with van der Waals surface area (Å²) in [6, 6.07) is 10.6. The molecule has 0 spiro atoms. The predicted molar refractivity (Wildman–Crippen MR) is 86.9 cm³/mol. The van der Waals surface area contributed by atoms with Crippen molar-refractivity contribution in [1.29, 1.82) is 0 Å². The summed E-state index contributed by atoms with van der Waals surface area (Å²) in [5.41, 5.74) is 6.00. The molecule has 0 radical (unpaired) electrons. The Labute approximate surface area is 137 Å². The van der Waals surface area contributed by atoms with Gasteiger partial charge in [0.1, 0.15) is 5.75 Å². The fourth-order valence-electron chi connectivity index (χ4n) is 1.94. The minimum atomic E-state index is -0.589. The second kappa shape index (κ2) is 7.23. The van der Waals surface area contributed by atoms with E-state index in [-0.39, 0.29) is 17.9 Å². The zero-order valence-electron chi connectivity index (χ0n) is 12.8. The van der Waals surface area contributed by atoms with Gasteiger partial charge in [0.2, 0.25) is 0 Å². The molecule has 2 amide bonds. The number of anilines is 1. The first kappa shape index (κ1) is 16.9. The standard InChI is InChI=1S/C16H15N3O5/c1-10-2-3-11(8-14(10)19(22)23)16(21)18-12-4-6-13(7-5-12)24-9-15(17)20/h2-8H,9H2,1H3,(H2,17,20)(H,18,21). The zero-order valence-corrected chi connectivity index (χ0v) is 12.8. The summed E-state index contributed by atoms with van der Waals surface area (Å²) in [7, 11) is 0. The second-order valence-corrected chi connectivity index (χ2v) is 4.99. The number of primary amides is 1. The number of aryl methyl sites for hydroxylation is 1. The zero-order chi connectivity index (χ0) is 17.7. The van der Waals surface area contributed by atoms with E-state index < -0.39 is 16.7 Å². The number of hydrogen-bond acceptors (Lipinski definition) is 5. The van der Waals surface area contributed by atoms with Crippen LogP contribution < -0.4 is 15.8 Å². The molecule has 2 aromatic carbocycles. The van der Waals surface area contributed by atoms with Gasteiger partial charge in [-0.05, 0) is 37.3 Å². The van der Waals surface area contributed by atoms with Gasteiger partial charge < -0.3 is 15.8 Å². The van der Waals surface area contributed by atoms with Crippen molar-refractivity contribution in [3.8, 4) is 5.75 Å². The monoisotopic (exact) mass is 329 g/mol. The minimum absolute atomic E-state index is 0.113. The summed E-state index contributed by atoms with van der Waals surface area (Å²) in [4.78, 5) is 33.2. The Balaban J connectivity index is 2.08. The molecule has 124 valence electrons. The number of benzene rings is 2. The number of ether oxygens (including phenoxy) is 1. The Bertz CT molecular complexity index is 787. The average Bonchev–Trinajstić information content (AvgIpc) is 2.54. The number of nitro groups is 1. The molecule has 0 saturated heterocycles. The molecule has 0 bridgehead atoms. The summed E-state index contributed by atoms with van der Waals surface area (Å²) in [6.07, 6.45) is 0. The third kappa shape index (κ3) is 4.29. The van der Waals surface area contributed by atoms with Gasteiger partial charge in [-0.2, -0.15) is 0 Å². The van der Waals surface area contributed by atoms with Crippen LogP contribution >= 0.6 is 0 Å². The molecule has 8 nitrogen and oxygen atoms in total. The molecule has 0 aromatic heterocycles. The van der Waals surface area contributed by atoms with Gasteiger partial charge in [0, 0.05) is 22.9 Å². The molecule has 0 heterocycles. The van der Waals surface area contributed by atoms with Gasteiger partial charge in [-0.1, -0.05) is 6.07 Å². The lowest BCUT2D eigenvalue weighted by Crippen LogP contribution is -2.20. The first-order valence-electron chi connectivity index (χ1n) is 6.94. The highest BCUT2D eigenvalue weighted by atomic mass is 16.6. The summed E-state index contributed by atoms with van der Waals surface area (Å²) in [5, 5.41) is 13.6. The van der Waals surface area contributed by atoms with Gasteiger partial charge in [0.15, 0.2) is 6.61 Å². The Morgan fingerprint density at radius 2 is 1.88 bits per heavy atom. The first-order valence-corrected chi connectivity index (χ1v) is 6.94. The number of nitrogens with two attached hydrogens (primary N) is 1. The van der Waals surface area contributed by atoms with Crippen LogP contribution in [0.5, 0.6) is 5.75 Å². The van der Waals surface area contributed by atoms with Gasteiger partial charge in [0.25, 0.3) is 17.5 Å². The molecule has 0 saturated carbocycles. The normalized spacial score (nSPS) is 10.0. The first-order chi connectivity index (χ1) is 11.4. The molecule has 0 unspecified atom stereocenters. The third-order valence-corrected chi connectivity index (χ3v) is 3.16. The van der Waals surface area contributed by atoms with Gasteiger partial charge in [-0.25, -0.2) is 0 Å². The number of amides is 2. The number of nitro benzene ring substituents is 1. The van der Waals surface area contributed by atoms with Crippen LogP contribution in [0.2, 0.25) is 0 Å². The van der Waals surface area contributed by atoms with Gasteiger partial charge in [0.05, 0.1) is 4.92 Å². The molecule has 0 aliphatic rings. The van der Waals surface area contributed by atoms with E-state index in [9.17, 15) is 19.7 Å². The second-order valence-electron chi connectivity index (χ2n) is 4.99. The Morgan fingerprint density at radius 1 is 1.21 bits per heavy atom. The fourth-order valence-corrected chi connectivity index (χ4v) is 1.94. The van der Waals surface area contributed by atoms with Crippen molar-refractivity contribution in [1.82, 2.24) is 0 Å². The molecule has 24 heavy (non-hydrogen) atoms. The largest absolute Gasteiger partial charge is 0.484 e. The van der Waals surface area contributed by atoms with Crippen LogP contribution in [0.1, 0.15) is 15.9 Å². The summed E-state index contributed by atoms with van der Waals surface area (Å²) < 4.78 is 5.11. The fraction of sp³-hybridized carbons (Fsp3) is 0.125. The quantitative estimate of drug-likeness (QED) is 0.619. The summed E-state index contributed by atoms with van der Waals surface area (Å²) in [5.74, 6) is -0.630. The van der Waals surface area contributed by atoms with Gasteiger partial charge in [-0.3, -0.25) is 19.7 Å². The van der Waals surface area contributed by atoms with Gasteiger partial charge >= 0.3 is 0 Å². The van der Waals surface area contributed by atoms with E-state index >= 15 is 0 Å². The Hall–Kier alpha value is -3.42. The molecular formula is C16H15N3O5. The van der Waals surface area contributed by atoms with E-state index in [0.29, 0.717) is 17.0 Å². The topological polar surface area (TPSA) is 125 Å². The number of hydrogen-bond donors (Lipinski definition) is 2. The van der Waals surface area contributed by atoms with Crippen LogP contribution in [0, 0.1) is 17.0 Å². The van der Waals surface area contributed by atoms with Crippen LogP contribution in [0.4, 0.5) is 11.4 Å². The molecule has 2 aromatic rings. The Kier molecular flexibility index (Phi) is 5.10. The van der Waals surface area contributed by atoms with Crippen molar-refractivity contribution >= 4 is 23.2 Å². The average molecular weight is 329 g/mol. The van der Waals surface area contributed by atoms with Crippen LogP contribution in [0.15, 0.2) is 42.5 Å². The molecule has 3 N–H and O–H groups in total. The highest BCUT2D eigenvalue weighted by Crippen LogP contribution is 2.21. The lowest BCUT2D eigenvalue weighted by Gasteiger charge is -2.08. The smallest absolute Gasteiger partial charge is 0.273 e. The highest BCUT2D eigenvalue weighted by Gasteiger charge is 2.15. The number of rotatable bonds is 6. The maximum atomic E-state index is 12.2. The van der Waals surface area contributed by atoms with Crippen molar-refractivity contribution < 1.29 is 19.2 Å². The molecule has 8 heteroatoms. The molecular weight excluding hydrogens is 314 g/mol. The van der Waals surface area contributed by atoms with Crippen LogP contribution in [0.25, 0.3) is 0 Å². The van der Waals surface area contributed by atoms with E-state index in [1.807, 2.05) is 0 Å². The SMILES string of the molecule is Cc1ccc(C(=O)Nc2ccc(OCC(N)=O)cc2)cc1[N+](=O)[O-]. The summed E-state index contributed by atoms with van der Waals surface area (Å²) in [6.45, 7) is 1.36. The van der Waals surface area contributed by atoms with E-state index in [0.717, 1.165) is 0 Å². The van der Waals surface area contributed by atoms with Crippen LogP contribution in [0.3, 0.4) is 0 Å². The van der Waals surface area contributed by atoms with Crippen molar-refractivity contribution in [2.45, 2.75) is 6.92 Å². The Morgan fingerprint density at radius 3 is 2.46 bits per heavy atom. The van der Waals surface area contributed by atoms with Crippen LogP contribution in [-0.2, 0) is 4.79 Å². The third-order valence-electron chi connectivity index (χ3n) is 3.16. The van der Waals surface area contributed by atoms with E-state index in [1.54, 1.807) is 31.2 Å². The van der Waals surface area contributed by atoms with E-state index in [4.69, 9.17) is 10.5 Å². The predicted octanol–water partition coefficient (Wildman–Crippen LogP) is 2.02. The van der Waals surface area contributed by atoms with Crippen LogP contribution in [-0.4, -0.2) is 23.3 Å².